The van der Waals surface area contributed by atoms with Gasteiger partial charge >= 0.3 is 0 Å². The van der Waals surface area contributed by atoms with Gasteiger partial charge in [-0.15, -0.1) is 0 Å². The molecular formula is C19H14F2N2O2. The zero-order chi connectivity index (χ0) is 17.8. The molecular weight excluding hydrogens is 326 g/mol. The molecule has 0 unspecified atom stereocenters. The number of hydrogen-bond donors (Lipinski definition) is 1. The number of benzene rings is 2. The highest BCUT2D eigenvalue weighted by molar-refractivity contribution is 6.46. The van der Waals surface area contributed by atoms with E-state index in [1.807, 2.05) is 0 Å². The molecule has 1 aromatic heterocycles. The van der Waals surface area contributed by atoms with Gasteiger partial charge in [0, 0.05) is 12.7 Å². The van der Waals surface area contributed by atoms with E-state index in [0.717, 1.165) is 5.56 Å². The van der Waals surface area contributed by atoms with Crippen LogP contribution >= 0.6 is 0 Å². The van der Waals surface area contributed by atoms with E-state index in [4.69, 9.17) is 0 Å². The Kier molecular flexibility index (Phi) is 4.70. The molecule has 0 saturated heterocycles. The minimum Gasteiger partial charge on any atom is -0.340 e. The summed E-state index contributed by atoms with van der Waals surface area (Å²) in [4.78, 5) is 24.5. The van der Waals surface area contributed by atoms with Crippen LogP contribution in [-0.2, 0) is 11.3 Å². The summed E-state index contributed by atoms with van der Waals surface area (Å²) in [5.74, 6) is -2.68. The SMILES string of the molecule is O=C(Nc1ccccc1F)C(=O)c1cccn1Cc1ccc(F)cc1. The van der Waals surface area contributed by atoms with Crippen molar-refractivity contribution < 1.29 is 18.4 Å². The third-order valence-electron chi connectivity index (χ3n) is 3.66. The number of Topliss-reactive ketones (excluding diaryl/α,β-unsaturated/α-hetero) is 1. The summed E-state index contributed by atoms with van der Waals surface area (Å²) >= 11 is 0. The predicted molar refractivity (Wildman–Crippen MR) is 89.3 cm³/mol. The van der Waals surface area contributed by atoms with Gasteiger partial charge in [0.05, 0.1) is 11.4 Å². The molecule has 0 saturated carbocycles. The normalized spacial score (nSPS) is 10.5. The number of halogens is 2. The van der Waals surface area contributed by atoms with Crippen molar-refractivity contribution in [1.29, 1.82) is 0 Å². The van der Waals surface area contributed by atoms with Crippen molar-refractivity contribution in [2.24, 2.45) is 0 Å². The molecule has 1 heterocycles. The maximum absolute atomic E-state index is 13.6. The lowest BCUT2D eigenvalue weighted by Gasteiger charge is -2.09. The van der Waals surface area contributed by atoms with Crippen molar-refractivity contribution in [3.8, 4) is 0 Å². The predicted octanol–water partition coefficient (Wildman–Crippen LogP) is 3.64. The van der Waals surface area contributed by atoms with E-state index < -0.39 is 17.5 Å². The fourth-order valence-corrected chi connectivity index (χ4v) is 2.40. The second-order valence-corrected chi connectivity index (χ2v) is 5.41. The van der Waals surface area contributed by atoms with E-state index in [1.54, 1.807) is 35.0 Å². The molecule has 0 atom stereocenters. The molecule has 126 valence electrons. The molecule has 3 aromatic rings. The molecule has 3 rings (SSSR count). The van der Waals surface area contributed by atoms with Gasteiger partial charge in [0.25, 0.3) is 11.7 Å². The third-order valence-corrected chi connectivity index (χ3v) is 3.66. The maximum atomic E-state index is 13.6. The molecule has 0 aliphatic rings. The van der Waals surface area contributed by atoms with Crippen LogP contribution in [0.1, 0.15) is 16.1 Å². The molecule has 1 amide bonds. The number of nitrogens with one attached hydrogen (secondary N) is 1. The Morgan fingerprint density at radius 1 is 0.920 bits per heavy atom. The zero-order valence-corrected chi connectivity index (χ0v) is 13.1. The number of rotatable bonds is 5. The largest absolute Gasteiger partial charge is 0.340 e. The highest BCUT2D eigenvalue weighted by atomic mass is 19.1. The minimum atomic E-state index is -0.927. The Morgan fingerprint density at radius 3 is 2.36 bits per heavy atom. The Bertz CT molecular complexity index is 917. The van der Waals surface area contributed by atoms with Gasteiger partial charge in [0.1, 0.15) is 11.6 Å². The first-order valence-electron chi connectivity index (χ1n) is 7.54. The third kappa shape index (κ3) is 3.80. The van der Waals surface area contributed by atoms with E-state index in [0.29, 0.717) is 6.54 Å². The van der Waals surface area contributed by atoms with E-state index in [2.05, 4.69) is 5.32 Å². The van der Waals surface area contributed by atoms with Crippen LogP contribution in [-0.4, -0.2) is 16.3 Å². The van der Waals surface area contributed by atoms with Crippen LogP contribution < -0.4 is 5.32 Å². The molecule has 1 N–H and O–H groups in total. The van der Waals surface area contributed by atoms with E-state index in [9.17, 15) is 18.4 Å². The number of hydrogen-bond acceptors (Lipinski definition) is 2. The Morgan fingerprint density at radius 2 is 1.64 bits per heavy atom. The zero-order valence-electron chi connectivity index (χ0n) is 13.1. The Balaban J connectivity index is 1.77. The van der Waals surface area contributed by atoms with E-state index in [-0.39, 0.29) is 17.2 Å². The van der Waals surface area contributed by atoms with Crippen LogP contribution in [0.2, 0.25) is 0 Å². The molecule has 2 aromatic carbocycles. The first-order valence-corrected chi connectivity index (χ1v) is 7.54. The van der Waals surface area contributed by atoms with Crippen molar-refractivity contribution >= 4 is 17.4 Å². The van der Waals surface area contributed by atoms with Gasteiger partial charge in [0.15, 0.2) is 0 Å². The van der Waals surface area contributed by atoms with Crippen LogP contribution in [0, 0.1) is 11.6 Å². The number of nitrogens with zero attached hydrogens (tertiary/aromatic N) is 1. The fraction of sp³-hybridized carbons (Fsp3) is 0.0526. The van der Waals surface area contributed by atoms with Crippen molar-refractivity contribution in [2.75, 3.05) is 5.32 Å². The number of anilines is 1. The molecule has 6 heteroatoms. The van der Waals surface area contributed by atoms with Gasteiger partial charge < -0.3 is 9.88 Å². The number of carbonyl (C=O) groups is 2. The number of carbonyl (C=O) groups excluding carboxylic acids is 2. The highest BCUT2D eigenvalue weighted by Gasteiger charge is 2.20. The summed E-state index contributed by atoms with van der Waals surface area (Å²) in [6.45, 7) is 0.307. The van der Waals surface area contributed by atoms with Crippen LogP contribution in [0.15, 0.2) is 66.9 Å². The first-order chi connectivity index (χ1) is 12.0. The van der Waals surface area contributed by atoms with Crippen molar-refractivity contribution in [3.63, 3.8) is 0 Å². The van der Waals surface area contributed by atoms with E-state index in [1.165, 1.54) is 36.4 Å². The molecule has 0 aliphatic carbocycles. The summed E-state index contributed by atoms with van der Waals surface area (Å²) in [5.41, 5.74) is 0.886. The standard InChI is InChI=1S/C19H14F2N2O2/c20-14-9-7-13(8-10-14)12-23-11-3-6-17(23)18(24)19(25)22-16-5-2-1-4-15(16)21/h1-11H,12H2,(H,22,25). The molecule has 0 aliphatic heterocycles. The molecule has 0 radical (unpaired) electrons. The second kappa shape index (κ2) is 7.09. The molecule has 0 spiro atoms. The lowest BCUT2D eigenvalue weighted by atomic mass is 10.2. The minimum absolute atomic E-state index is 0.0579. The molecule has 0 bridgehead atoms. The Hall–Kier alpha value is -3.28. The monoisotopic (exact) mass is 340 g/mol. The van der Waals surface area contributed by atoms with Gasteiger partial charge in [0.2, 0.25) is 0 Å². The average molecular weight is 340 g/mol. The summed E-state index contributed by atoms with van der Waals surface area (Å²) in [5, 5.41) is 2.27. The first kappa shape index (κ1) is 16.6. The molecule has 0 fully saturated rings. The summed E-state index contributed by atoms with van der Waals surface area (Å²) in [6.07, 6.45) is 1.65. The average Bonchev–Trinajstić information content (AvgIpc) is 3.06. The van der Waals surface area contributed by atoms with Crippen LogP contribution in [0.25, 0.3) is 0 Å². The van der Waals surface area contributed by atoms with Gasteiger partial charge in [-0.3, -0.25) is 9.59 Å². The lowest BCUT2D eigenvalue weighted by molar-refractivity contribution is -0.112. The van der Waals surface area contributed by atoms with Gasteiger partial charge in [-0.1, -0.05) is 24.3 Å². The maximum Gasteiger partial charge on any atom is 0.298 e. The van der Waals surface area contributed by atoms with Crippen molar-refractivity contribution in [2.45, 2.75) is 6.54 Å². The highest BCUT2D eigenvalue weighted by Crippen LogP contribution is 2.14. The van der Waals surface area contributed by atoms with Crippen LogP contribution in [0.4, 0.5) is 14.5 Å². The van der Waals surface area contributed by atoms with Gasteiger partial charge in [-0.05, 0) is 42.0 Å². The Labute approximate surface area is 142 Å². The summed E-state index contributed by atoms with van der Waals surface area (Å²) in [7, 11) is 0. The topological polar surface area (TPSA) is 51.1 Å². The number of para-hydroxylation sites is 1. The fourth-order valence-electron chi connectivity index (χ4n) is 2.40. The smallest absolute Gasteiger partial charge is 0.298 e. The van der Waals surface area contributed by atoms with Crippen LogP contribution in [0.3, 0.4) is 0 Å². The number of amides is 1. The van der Waals surface area contributed by atoms with Crippen molar-refractivity contribution in [1.82, 2.24) is 4.57 Å². The molecule has 25 heavy (non-hydrogen) atoms. The van der Waals surface area contributed by atoms with E-state index >= 15 is 0 Å². The number of aromatic nitrogens is 1. The van der Waals surface area contributed by atoms with Crippen LogP contribution in [0.5, 0.6) is 0 Å². The quantitative estimate of drug-likeness (QED) is 0.569. The summed E-state index contributed by atoms with van der Waals surface area (Å²) in [6, 6.07) is 14.6. The number of ketones is 1. The van der Waals surface area contributed by atoms with Gasteiger partial charge in [-0.25, -0.2) is 8.78 Å². The van der Waals surface area contributed by atoms with Crippen molar-refractivity contribution in [3.05, 3.63) is 89.8 Å². The van der Waals surface area contributed by atoms with Gasteiger partial charge in [-0.2, -0.15) is 0 Å². The summed E-state index contributed by atoms with van der Waals surface area (Å²) < 4.78 is 28.1. The molecule has 4 nitrogen and oxygen atoms in total. The second-order valence-electron chi connectivity index (χ2n) is 5.41. The lowest BCUT2D eigenvalue weighted by Crippen LogP contribution is -2.25.